The molecule has 4 aliphatic rings. The van der Waals surface area contributed by atoms with Crippen LogP contribution in [0, 0.1) is 48.8 Å². The molecule has 0 saturated heterocycles. The van der Waals surface area contributed by atoms with Gasteiger partial charge in [0.15, 0.2) is 18.0 Å². The number of carbonyl (C=O) groups is 4. The zero-order chi connectivity index (χ0) is 35.1. The van der Waals surface area contributed by atoms with E-state index in [1.807, 2.05) is 19.9 Å². The summed E-state index contributed by atoms with van der Waals surface area (Å²) in [6.07, 6.45) is 8.93. The minimum atomic E-state index is -1.65. The molecule has 4 aliphatic carbocycles. The van der Waals surface area contributed by atoms with Crippen molar-refractivity contribution >= 4 is 23.5 Å². The number of unbranched alkanes of at least 4 members (excludes halogenated alkanes) is 4. The van der Waals surface area contributed by atoms with Crippen molar-refractivity contribution < 1.29 is 53.6 Å². The van der Waals surface area contributed by atoms with E-state index in [1.54, 1.807) is 12.2 Å². The number of ether oxygens (including phenoxy) is 2. The molecular formula is C33H46N2O13. The highest BCUT2D eigenvalue weighted by Crippen LogP contribution is 2.68. The molecule has 15 nitrogen and oxygen atoms in total. The number of Topliss-reactive ketones (excluding diaryl/α,β-unsaturated/α-hetero) is 1. The summed E-state index contributed by atoms with van der Waals surface area (Å²) >= 11 is 0. The van der Waals surface area contributed by atoms with E-state index < -0.39 is 57.0 Å². The van der Waals surface area contributed by atoms with Gasteiger partial charge in [0.05, 0.1) is 19.3 Å². The average Bonchev–Trinajstić information content (AvgIpc) is 3.31. The minimum Gasteiger partial charge on any atom is -0.457 e. The normalized spacial score (nSPS) is 31.8. The van der Waals surface area contributed by atoms with Crippen molar-refractivity contribution in [2.24, 2.45) is 28.6 Å². The highest BCUT2D eigenvalue weighted by molar-refractivity contribution is 6.01. The lowest BCUT2D eigenvalue weighted by Crippen LogP contribution is -2.63. The third kappa shape index (κ3) is 7.87. The van der Waals surface area contributed by atoms with E-state index in [1.165, 1.54) is 0 Å². The molecule has 15 heteroatoms. The van der Waals surface area contributed by atoms with Crippen LogP contribution in [0.2, 0.25) is 0 Å². The fourth-order valence-corrected chi connectivity index (χ4v) is 8.95. The zero-order valence-corrected chi connectivity index (χ0v) is 27.6. The molecular weight excluding hydrogens is 632 g/mol. The van der Waals surface area contributed by atoms with Gasteiger partial charge in [0.1, 0.15) is 0 Å². The molecule has 266 valence electrons. The minimum absolute atomic E-state index is 0.00842. The van der Waals surface area contributed by atoms with E-state index in [0.717, 1.165) is 5.57 Å². The first-order valence-corrected chi connectivity index (χ1v) is 16.8. The number of fused-ring (bicyclic) bond motifs is 5. The van der Waals surface area contributed by atoms with Crippen LogP contribution >= 0.6 is 0 Å². The van der Waals surface area contributed by atoms with E-state index in [2.05, 4.69) is 9.68 Å². The smallest absolute Gasteiger partial charge is 0.306 e. The Kier molecular flexibility index (Phi) is 12.0. The molecule has 3 fully saturated rings. The average molecular weight is 679 g/mol. The fraction of sp³-hybridized carbons (Fsp3) is 0.758. The zero-order valence-electron chi connectivity index (χ0n) is 27.6. The summed E-state index contributed by atoms with van der Waals surface area (Å²) in [5.74, 6) is -2.18. The number of nitrogens with zero attached hydrogens (tertiary/aromatic N) is 2. The highest BCUT2D eigenvalue weighted by Gasteiger charge is 2.70. The number of rotatable bonds is 18. The molecule has 0 aromatic heterocycles. The fourth-order valence-electron chi connectivity index (χ4n) is 8.95. The first-order chi connectivity index (χ1) is 22.7. The highest BCUT2D eigenvalue weighted by atomic mass is 17.0. The van der Waals surface area contributed by atoms with Crippen LogP contribution in [-0.4, -0.2) is 70.3 Å². The van der Waals surface area contributed by atoms with Crippen molar-refractivity contribution in [2.45, 2.75) is 109 Å². The largest absolute Gasteiger partial charge is 0.457 e. The number of hydrogen-bond acceptors (Lipinski definition) is 13. The topological polar surface area (TPSA) is 212 Å². The number of allylic oxidation sites excluding steroid dienone is 4. The summed E-state index contributed by atoms with van der Waals surface area (Å²) < 4.78 is 11.5. The molecule has 0 aromatic rings. The van der Waals surface area contributed by atoms with Crippen LogP contribution in [0.25, 0.3) is 0 Å². The number of aliphatic hydroxyl groups excluding tert-OH is 1. The van der Waals surface area contributed by atoms with Gasteiger partial charge in [0.2, 0.25) is 5.78 Å². The van der Waals surface area contributed by atoms with Gasteiger partial charge in [-0.1, -0.05) is 38.3 Å². The van der Waals surface area contributed by atoms with Crippen LogP contribution in [0.4, 0.5) is 0 Å². The number of hydrogen-bond donors (Lipinski definition) is 1. The SMILES string of the molecule is C[C@]12C=CC(=O)C=C1CCC1C3CC[C@](OC(=O)CCCCCO[N+](=O)[O-])(C(=O)COC(=O)CCCCCO[N+](=O)[O-])[C@@]3(C)C[C@H](O)[C@@H]12. The van der Waals surface area contributed by atoms with Crippen molar-refractivity contribution in [2.75, 3.05) is 19.8 Å². The van der Waals surface area contributed by atoms with Crippen LogP contribution in [0.5, 0.6) is 0 Å². The van der Waals surface area contributed by atoms with E-state index in [-0.39, 0.29) is 62.4 Å². The number of esters is 2. The summed E-state index contributed by atoms with van der Waals surface area (Å²) in [4.78, 5) is 81.4. The molecule has 1 N–H and O–H groups in total. The Morgan fingerprint density at radius 3 is 2.19 bits per heavy atom. The molecule has 7 atom stereocenters. The van der Waals surface area contributed by atoms with E-state index >= 15 is 0 Å². The Morgan fingerprint density at radius 2 is 1.56 bits per heavy atom. The van der Waals surface area contributed by atoms with Crippen molar-refractivity contribution in [3.05, 3.63) is 44.0 Å². The summed E-state index contributed by atoms with van der Waals surface area (Å²) in [5, 5.41) is 30.7. The van der Waals surface area contributed by atoms with Crippen molar-refractivity contribution in [3.63, 3.8) is 0 Å². The van der Waals surface area contributed by atoms with E-state index in [4.69, 9.17) is 9.47 Å². The second-order valence-electron chi connectivity index (χ2n) is 13.9. The second-order valence-corrected chi connectivity index (χ2v) is 13.9. The first kappa shape index (κ1) is 36.9. The standard InChI is InChI=1S/C33H46N2O13/c1-31-15-13-23(36)19-22(31)11-12-24-25-14-16-33(32(25,2)20-26(37)30(24)31,48-29(40)10-6-4-8-18-47-35(43)44)27(38)21-45-28(39)9-5-3-7-17-46-34(41)42/h13,15,19,24-26,30,37H,3-12,14,16-18,20-21H2,1-2H3/t24?,25?,26-,30+,31-,32-,33-/m0/s1. The Labute approximate surface area is 278 Å². The van der Waals surface area contributed by atoms with E-state index in [0.29, 0.717) is 57.8 Å². The van der Waals surface area contributed by atoms with Crippen LogP contribution in [0.3, 0.4) is 0 Å². The number of aliphatic hydroxyl groups is 1. The van der Waals surface area contributed by atoms with Crippen molar-refractivity contribution in [1.29, 1.82) is 0 Å². The maximum atomic E-state index is 14.2. The van der Waals surface area contributed by atoms with Crippen molar-refractivity contribution in [1.82, 2.24) is 0 Å². The molecule has 0 radical (unpaired) electrons. The monoisotopic (exact) mass is 678 g/mol. The number of ketones is 2. The summed E-state index contributed by atoms with van der Waals surface area (Å²) in [7, 11) is 0. The van der Waals surface area contributed by atoms with Gasteiger partial charge in [-0.3, -0.25) is 19.2 Å². The lowest BCUT2D eigenvalue weighted by atomic mass is 9.46. The first-order valence-electron chi connectivity index (χ1n) is 16.8. The predicted molar refractivity (Wildman–Crippen MR) is 166 cm³/mol. The molecule has 4 rings (SSSR count). The maximum Gasteiger partial charge on any atom is 0.306 e. The third-order valence-electron chi connectivity index (χ3n) is 11.2. The molecule has 48 heavy (non-hydrogen) atoms. The van der Waals surface area contributed by atoms with Crippen molar-refractivity contribution in [3.8, 4) is 0 Å². The van der Waals surface area contributed by atoms with E-state index in [9.17, 15) is 44.5 Å². The molecule has 0 aromatic carbocycles. The summed E-state index contributed by atoms with van der Waals surface area (Å²) in [6.45, 7) is 3.13. The second kappa shape index (κ2) is 15.6. The molecule has 0 bridgehead atoms. The molecule has 0 heterocycles. The molecule has 0 amide bonds. The summed E-state index contributed by atoms with van der Waals surface area (Å²) in [6, 6.07) is 0. The van der Waals surface area contributed by atoms with Gasteiger partial charge >= 0.3 is 11.9 Å². The van der Waals surface area contributed by atoms with Gasteiger partial charge in [-0.15, -0.1) is 20.2 Å². The van der Waals surface area contributed by atoms with Gasteiger partial charge in [0, 0.05) is 29.6 Å². The Hall–Kier alpha value is -3.88. The molecule has 3 saturated carbocycles. The van der Waals surface area contributed by atoms with Crippen LogP contribution in [0.15, 0.2) is 23.8 Å². The van der Waals surface area contributed by atoms with Gasteiger partial charge in [-0.2, -0.15) is 0 Å². The van der Waals surface area contributed by atoms with Gasteiger partial charge in [0.25, 0.3) is 10.2 Å². The Balaban J connectivity index is 1.48. The molecule has 0 spiro atoms. The van der Waals surface area contributed by atoms with Crippen LogP contribution < -0.4 is 0 Å². The van der Waals surface area contributed by atoms with Gasteiger partial charge in [-0.05, 0) is 81.8 Å². The lowest BCUT2D eigenvalue weighted by molar-refractivity contribution is -0.757. The molecule has 0 aliphatic heterocycles. The third-order valence-corrected chi connectivity index (χ3v) is 11.2. The van der Waals surface area contributed by atoms with Gasteiger partial charge < -0.3 is 24.3 Å². The quantitative estimate of drug-likeness (QED) is 0.0933. The summed E-state index contributed by atoms with van der Waals surface area (Å²) in [5.41, 5.74) is -2.14. The van der Waals surface area contributed by atoms with Crippen LogP contribution in [-0.2, 0) is 38.3 Å². The van der Waals surface area contributed by atoms with Gasteiger partial charge in [-0.25, -0.2) is 0 Å². The maximum absolute atomic E-state index is 14.2. The Morgan fingerprint density at radius 1 is 0.938 bits per heavy atom. The Bertz CT molecular complexity index is 1330. The van der Waals surface area contributed by atoms with Crippen LogP contribution in [0.1, 0.15) is 97.3 Å². The predicted octanol–water partition coefficient (Wildman–Crippen LogP) is 4.20. The number of carbonyl (C=O) groups excluding carboxylic acids is 4. The lowest BCUT2D eigenvalue weighted by Gasteiger charge is -2.59. The molecule has 2 unspecified atom stereocenters.